The van der Waals surface area contributed by atoms with E-state index in [9.17, 15) is 9.59 Å². The van der Waals surface area contributed by atoms with Gasteiger partial charge in [0, 0.05) is 37.4 Å². The van der Waals surface area contributed by atoms with Crippen LogP contribution in [0.1, 0.15) is 35.4 Å². The number of methoxy groups -OCH3 is 1. The number of rotatable bonds is 6. The molecule has 150 valence electrons. The molecule has 0 saturated carbocycles. The van der Waals surface area contributed by atoms with Crippen molar-refractivity contribution in [1.29, 1.82) is 0 Å². The molecule has 3 aromatic rings. The molecule has 0 atom stereocenters. The SMILES string of the molecule is COc1ccc(C(=O)C2CCN(C(=O)CCc3nc4ccccc4[nH]3)CC2)cc1. The van der Waals surface area contributed by atoms with Crippen molar-refractivity contribution in [1.82, 2.24) is 14.9 Å². The van der Waals surface area contributed by atoms with Crippen LogP contribution in [0.2, 0.25) is 0 Å². The first-order valence-corrected chi connectivity index (χ1v) is 10.0. The number of nitrogens with zero attached hydrogens (tertiary/aromatic N) is 2. The van der Waals surface area contributed by atoms with E-state index in [1.807, 2.05) is 53.4 Å². The number of ketones is 1. The fourth-order valence-corrected chi connectivity index (χ4v) is 3.89. The zero-order valence-electron chi connectivity index (χ0n) is 16.6. The van der Waals surface area contributed by atoms with Gasteiger partial charge in [-0.05, 0) is 49.2 Å². The number of benzene rings is 2. The van der Waals surface area contributed by atoms with Gasteiger partial charge in [0.15, 0.2) is 5.78 Å². The third-order valence-corrected chi connectivity index (χ3v) is 5.61. The predicted molar refractivity (Wildman–Crippen MR) is 111 cm³/mol. The molecule has 0 bridgehead atoms. The molecule has 29 heavy (non-hydrogen) atoms. The largest absolute Gasteiger partial charge is 0.497 e. The van der Waals surface area contributed by atoms with E-state index >= 15 is 0 Å². The number of aryl methyl sites for hydroxylation is 1. The standard InChI is InChI=1S/C23H25N3O3/c1-29-18-8-6-16(7-9-18)23(28)17-12-14-26(15-13-17)22(27)11-10-21-24-19-4-2-3-5-20(19)25-21/h2-9,17H,10-15H2,1H3,(H,24,25). The number of nitrogens with one attached hydrogen (secondary N) is 1. The Labute approximate surface area is 169 Å². The Bertz CT molecular complexity index is 969. The molecule has 6 nitrogen and oxygen atoms in total. The van der Waals surface area contributed by atoms with Gasteiger partial charge in [-0.25, -0.2) is 4.98 Å². The van der Waals surface area contributed by atoms with Gasteiger partial charge in [-0.3, -0.25) is 9.59 Å². The molecule has 2 aromatic carbocycles. The fourth-order valence-electron chi connectivity index (χ4n) is 3.89. The molecule has 6 heteroatoms. The van der Waals surface area contributed by atoms with Crippen LogP contribution in [0.25, 0.3) is 11.0 Å². The highest BCUT2D eigenvalue weighted by Crippen LogP contribution is 2.23. The average Bonchev–Trinajstić information content (AvgIpc) is 3.20. The van der Waals surface area contributed by atoms with E-state index in [0.29, 0.717) is 44.3 Å². The quantitative estimate of drug-likeness (QED) is 0.651. The third-order valence-electron chi connectivity index (χ3n) is 5.61. The Morgan fingerprint density at radius 1 is 1.10 bits per heavy atom. The summed E-state index contributed by atoms with van der Waals surface area (Å²) in [6, 6.07) is 15.1. The maximum Gasteiger partial charge on any atom is 0.223 e. The second kappa shape index (κ2) is 8.47. The first kappa shape index (κ1) is 19.2. The number of ether oxygens (including phenoxy) is 1. The number of carbonyl (C=O) groups is 2. The Morgan fingerprint density at radius 2 is 1.83 bits per heavy atom. The van der Waals surface area contributed by atoms with Gasteiger partial charge in [0.05, 0.1) is 18.1 Å². The fraction of sp³-hybridized carbons (Fsp3) is 0.348. The minimum atomic E-state index is -0.0252. The second-order valence-electron chi connectivity index (χ2n) is 7.45. The molecule has 0 unspecified atom stereocenters. The summed E-state index contributed by atoms with van der Waals surface area (Å²) >= 11 is 0. The number of Topliss-reactive ketones (excluding diaryl/α,β-unsaturated/α-hetero) is 1. The highest BCUT2D eigenvalue weighted by atomic mass is 16.5. The van der Waals surface area contributed by atoms with E-state index in [4.69, 9.17) is 4.74 Å². The molecule has 1 aromatic heterocycles. The van der Waals surface area contributed by atoms with Crippen LogP contribution >= 0.6 is 0 Å². The maximum atomic E-state index is 12.7. The van der Waals surface area contributed by atoms with Crippen LogP contribution in [-0.2, 0) is 11.2 Å². The number of aromatic nitrogens is 2. The monoisotopic (exact) mass is 391 g/mol. The molecule has 1 N–H and O–H groups in total. The van der Waals surface area contributed by atoms with E-state index in [1.165, 1.54) is 0 Å². The van der Waals surface area contributed by atoms with Crippen LogP contribution in [0.4, 0.5) is 0 Å². The number of piperidine rings is 1. The molecular formula is C23H25N3O3. The van der Waals surface area contributed by atoms with E-state index in [0.717, 1.165) is 22.6 Å². The van der Waals surface area contributed by atoms with Crippen molar-refractivity contribution in [2.24, 2.45) is 5.92 Å². The van der Waals surface area contributed by atoms with Gasteiger partial charge in [-0.1, -0.05) is 12.1 Å². The number of H-pyrrole nitrogens is 1. The van der Waals surface area contributed by atoms with E-state index < -0.39 is 0 Å². The van der Waals surface area contributed by atoms with Crippen molar-refractivity contribution in [3.63, 3.8) is 0 Å². The number of carbonyl (C=O) groups excluding carboxylic acids is 2. The van der Waals surface area contributed by atoms with Gasteiger partial charge in [0.1, 0.15) is 11.6 Å². The van der Waals surface area contributed by atoms with Crippen molar-refractivity contribution in [3.05, 3.63) is 59.9 Å². The normalized spacial score (nSPS) is 14.9. The number of aromatic amines is 1. The van der Waals surface area contributed by atoms with Crippen LogP contribution in [0.15, 0.2) is 48.5 Å². The number of hydrogen-bond donors (Lipinski definition) is 1. The molecule has 1 amide bonds. The number of likely N-dealkylation sites (tertiary alicyclic amines) is 1. The molecule has 1 saturated heterocycles. The van der Waals surface area contributed by atoms with Crippen molar-refractivity contribution in [2.75, 3.05) is 20.2 Å². The molecule has 1 aliphatic heterocycles. The molecule has 0 radical (unpaired) electrons. The van der Waals surface area contributed by atoms with E-state index in [-0.39, 0.29) is 17.6 Å². The zero-order valence-corrected chi connectivity index (χ0v) is 16.6. The Morgan fingerprint density at radius 3 is 2.52 bits per heavy atom. The summed E-state index contributed by atoms with van der Waals surface area (Å²) in [4.78, 5) is 35.0. The highest BCUT2D eigenvalue weighted by Gasteiger charge is 2.27. The summed E-state index contributed by atoms with van der Waals surface area (Å²) in [5, 5.41) is 0. The van der Waals surface area contributed by atoms with Crippen LogP contribution in [-0.4, -0.2) is 46.8 Å². The number of imidazole rings is 1. The van der Waals surface area contributed by atoms with Crippen molar-refractivity contribution < 1.29 is 14.3 Å². The Balaban J connectivity index is 1.28. The van der Waals surface area contributed by atoms with Crippen LogP contribution in [0, 0.1) is 5.92 Å². The molecule has 1 fully saturated rings. The average molecular weight is 391 g/mol. The lowest BCUT2D eigenvalue weighted by atomic mass is 9.88. The van der Waals surface area contributed by atoms with Crippen LogP contribution < -0.4 is 4.74 Å². The lowest BCUT2D eigenvalue weighted by molar-refractivity contribution is -0.132. The molecular weight excluding hydrogens is 366 g/mol. The number of amides is 1. The predicted octanol–water partition coefficient (Wildman–Crippen LogP) is 3.63. The van der Waals surface area contributed by atoms with E-state index in [2.05, 4.69) is 9.97 Å². The number of fused-ring (bicyclic) bond motifs is 1. The molecule has 2 heterocycles. The summed E-state index contributed by atoms with van der Waals surface area (Å²) < 4.78 is 5.14. The van der Waals surface area contributed by atoms with Crippen LogP contribution in [0.5, 0.6) is 5.75 Å². The molecule has 4 rings (SSSR count). The smallest absolute Gasteiger partial charge is 0.223 e. The minimum Gasteiger partial charge on any atom is -0.497 e. The van der Waals surface area contributed by atoms with Crippen molar-refractivity contribution in [2.45, 2.75) is 25.7 Å². The van der Waals surface area contributed by atoms with Crippen LogP contribution in [0.3, 0.4) is 0 Å². The Hall–Kier alpha value is -3.15. The van der Waals surface area contributed by atoms with Gasteiger partial charge >= 0.3 is 0 Å². The number of hydrogen-bond acceptors (Lipinski definition) is 4. The maximum absolute atomic E-state index is 12.7. The first-order chi connectivity index (χ1) is 14.1. The summed E-state index contributed by atoms with van der Waals surface area (Å²) in [7, 11) is 1.61. The second-order valence-corrected chi connectivity index (χ2v) is 7.45. The molecule has 0 spiro atoms. The Kier molecular flexibility index (Phi) is 5.60. The summed E-state index contributed by atoms with van der Waals surface area (Å²) in [6.07, 6.45) is 2.44. The minimum absolute atomic E-state index is 0.0252. The highest BCUT2D eigenvalue weighted by molar-refractivity contribution is 5.98. The number of para-hydroxylation sites is 2. The first-order valence-electron chi connectivity index (χ1n) is 10.0. The van der Waals surface area contributed by atoms with Crippen molar-refractivity contribution >= 4 is 22.7 Å². The zero-order chi connectivity index (χ0) is 20.2. The topological polar surface area (TPSA) is 75.3 Å². The van der Waals surface area contributed by atoms with Gasteiger partial charge in [-0.2, -0.15) is 0 Å². The summed E-state index contributed by atoms with van der Waals surface area (Å²) in [5.74, 6) is 1.83. The summed E-state index contributed by atoms with van der Waals surface area (Å²) in [6.45, 7) is 1.26. The van der Waals surface area contributed by atoms with E-state index in [1.54, 1.807) is 7.11 Å². The lowest BCUT2D eigenvalue weighted by Gasteiger charge is -2.31. The van der Waals surface area contributed by atoms with Crippen molar-refractivity contribution in [3.8, 4) is 5.75 Å². The summed E-state index contributed by atoms with van der Waals surface area (Å²) in [5.41, 5.74) is 2.63. The van der Waals surface area contributed by atoms with Gasteiger partial charge in [0.2, 0.25) is 5.91 Å². The third kappa shape index (κ3) is 4.31. The van der Waals surface area contributed by atoms with Gasteiger partial charge in [-0.15, -0.1) is 0 Å². The lowest BCUT2D eigenvalue weighted by Crippen LogP contribution is -2.40. The molecule has 1 aliphatic rings. The molecule has 0 aliphatic carbocycles. The van der Waals surface area contributed by atoms with Gasteiger partial charge < -0.3 is 14.6 Å². The van der Waals surface area contributed by atoms with Gasteiger partial charge in [0.25, 0.3) is 0 Å².